The van der Waals surface area contributed by atoms with Crippen LogP contribution in [0.25, 0.3) is 0 Å². The molecule has 0 radical (unpaired) electrons. The zero-order valence-electron chi connectivity index (χ0n) is 11.0. The summed E-state index contributed by atoms with van der Waals surface area (Å²) in [4.78, 5) is 6.79. The molecule has 18 heavy (non-hydrogen) atoms. The Balaban J connectivity index is 1.60. The molecule has 0 bridgehead atoms. The van der Waals surface area contributed by atoms with Crippen LogP contribution in [0.3, 0.4) is 0 Å². The number of piperidine rings is 1. The topological polar surface area (TPSA) is 36.4 Å². The third-order valence-electron chi connectivity index (χ3n) is 4.87. The van der Waals surface area contributed by atoms with Crippen LogP contribution in [-0.4, -0.2) is 33.7 Å². The number of nitrogens with zero attached hydrogens (tertiary/aromatic N) is 2. The summed E-state index contributed by atoms with van der Waals surface area (Å²) < 4.78 is 0. The van der Waals surface area contributed by atoms with Crippen molar-refractivity contribution in [2.45, 2.75) is 44.8 Å². The minimum absolute atomic E-state index is 0.386. The summed E-state index contributed by atoms with van der Waals surface area (Å²) in [6.07, 6.45) is 6.57. The van der Waals surface area contributed by atoms with Gasteiger partial charge in [0.05, 0.1) is 12.1 Å². The van der Waals surface area contributed by atoms with Crippen molar-refractivity contribution in [1.82, 2.24) is 9.88 Å². The van der Waals surface area contributed by atoms with Gasteiger partial charge >= 0.3 is 0 Å². The van der Waals surface area contributed by atoms with Crippen molar-refractivity contribution >= 4 is 11.3 Å². The van der Waals surface area contributed by atoms with Gasteiger partial charge in [0, 0.05) is 24.7 Å². The number of aromatic nitrogens is 1. The molecule has 3 nitrogen and oxygen atoms in total. The molecule has 1 aliphatic heterocycles. The van der Waals surface area contributed by atoms with E-state index in [1.165, 1.54) is 24.3 Å². The molecule has 2 atom stereocenters. The van der Waals surface area contributed by atoms with E-state index in [4.69, 9.17) is 0 Å². The van der Waals surface area contributed by atoms with Crippen LogP contribution >= 0.6 is 11.3 Å². The van der Waals surface area contributed by atoms with E-state index in [-0.39, 0.29) is 0 Å². The van der Waals surface area contributed by atoms with Gasteiger partial charge in [-0.2, -0.15) is 0 Å². The highest BCUT2D eigenvalue weighted by Crippen LogP contribution is 2.44. The molecular weight excluding hydrogens is 244 g/mol. The van der Waals surface area contributed by atoms with Gasteiger partial charge in [0.25, 0.3) is 0 Å². The molecule has 0 aromatic carbocycles. The molecule has 4 heteroatoms. The SMILES string of the molecule is CC1CN(Cc2nccs2)CCC1(O)C1CCC1. The highest BCUT2D eigenvalue weighted by molar-refractivity contribution is 7.09. The molecule has 2 unspecified atom stereocenters. The summed E-state index contributed by atoms with van der Waals surface area (Å²) >= 11 is 1.72. The van der Waals surface area contributed by atoms with Crippen LogP contribution in [0.5, 0.6) is 0 Å². The number of hydrogen-bond acceptors (Lipinski definition) is 4. The normalized spacial score (nSPS) is 34.4. The highest BCUT2D eigenvalue weighted by Gasteiger charge is 2.46. The Morgan fingerprint density at radius 2 is 2.39 bits per heavy atom. The fraction of sp³-hybridized carbons (Fsp3) is 0.786. The lowest BCUT2D eigenvalue weighted by molar-refractivity contribution is -0.128. The van der Waals surface area contributed by atoms with Crippen molar-refractivity contribution in [1.29, 1.82) is 0 Å². The average molecular weight is 266 g/mol. The second-order valence-electron chi connectivity index (χ2n) is 5.93. The van der Waals surface area contributed by atoms with E-state index in [1.807, 2.05) is 11.6 Å². The number of thiazole rings is 1. The van der Waals surface area contributed by atoms with Gasteiger partial charge in [-0.1, -0.05) is 13.3 Å². The van der Waals surface area contributed by atoms with E-state index < -0.39 is 5.60 Å². The van der Waals surface area contributed by atoms with Crippen LogP contribution in [0.1, 0.15) is 37.6 Å². The van der Waals surface area contributed by atoms with Crippen molar-refractivity contribution in [2.24, 2.45) is 11.8 Å². The lowest BCUT2D eigenvalue weighted by Crippen LogP contribution is -2.56. The van der Waals surface area contributed by atoms with Crippen molar-refractivity contribution in [3.05, 3.63) is 16.6 Å². The van der Waals surface area contributed by atoms with Crippen molar-refractivity contribution in [3.63, 3.8) is 0 Å². The van der Waals surface area contributed by atoms with E-state index in [0.29, 0.717) is 11.8 Å². The van der Waals surface area contributed by atoms with E-state index in [9.17, 15) is 5.11 Å². The Morgan fingerprint density at radius 1 is 1.56 bits per heavy atom. The third kappa shape index (κ3) is 2.22. The maximum absolute atomic E-state index is 10.9. The molecule has 1 saturated carbocycles. The maximum atomic E-state index is 10.9. The fourth-order valence-corrected chi connectivity index (χ4v) is 4.06. The monoisotopic (exact) mass is 266 g/mol. The lowest BCUT2D eigenvalue weighted by atomic mass is 9.65. The van der Waals surface area contributed by atoms with Crippen molar-refractivity contribution in [2.75, 3.05) is 13.1 Å². The van der Waals surface area contributed by atoms with Crippen LogP contribution in [0.2, 0.25) is 0 Å². The smallest absolute Gasteiger partial charge is 0.107 e. The molecule has 2 aliphatic rings. The number of aliphatic hydroxyl groups is 1. The average Bonchev–Trinajstić information content (AvgIpc) is 2.74. The van der Waals surface area contributed by atoms with Crippen LogP contribution in [0, 0.1) is 11.8 Å². The minimum atomic E-state index is -0.391. The molecule has 0 amide bonds. The standard InChI is InChI=1S/C14H22N2OS/c1-11-9-16(10-13-15-6-8-18-13)7-5-14(11,17)12-3-2-4-12/h6,8,11-12,17H,2-5,7,9-10H2,1H3. The van der Waals surface area contributed by atoms with Crippen LogP contribution in [0.15, 0.2) is 11.6 Å². The predicted octanol–water partition coefficient (Wildman–Crippen LogP) is 2.52. The molecule has 2 heterocycles. The minimum Gasteiger partial charge on any atom is -0.389 e. The second-order valence-corrected chi connectivity index (χ2v) is 6.91. The van der Waals surface area contributed by atoms with Gasteiger partial charge in [0.2, 0.25) is 0 Å². The van der Waals surface area contributed by atoms with Gasteiger partial charge in [-0.25, -0.2) is 4.98 Å². The quantitative estimate of drug-likeness (QED) is 0.913. The van der Waals surface area contributed by atoms with E-state index in [2.05, 4.69) is 16.8 Å². The molecule has 1 saturated heterocycles. The largest absolute Gasteiger partial charge is 0.389 e. The van der Waals surface area contributed by atoms with E-state index in [1.54, 1.807) is 11.3 Å². The summed E-state index contributed by atoms with van der Waals surface area (Å²) in [5, 5.41) is 14.1. The Hall–Kier alpha value is -0.450. The maximum Gasteiger partial charge on any atom is 0.107 e. The molecule has 100 valence electrons. The second kappa shape index (κ2) is 4.91. The number of hydrogen-bond donors (Lipinski definition) is 1. The first-order valence-corrected chi connectivity index (χ1v) is 7.89. The summed E-state index contributed by atoms with van der Waals surface area (Å²) in [6, 6.07) is 0. The molecular formula is C14H22N2OS. The van der Waals surface area contributed by atoms with Crippen LogP contribution in [-0.2, 0) is 6.54 Å². The molecule has 1 aliphatic carbocycles. The van der Waals surface area contributed by atoms with E-state index >= 15 is 0 Å². The molecule has 1 aromatic heterocycles. The van der Waals surface area contributed by atoms with Gasteiger partial charge in [0.1, 0.15) is 5.01 Å². The Bertz CT molecular complexity index is 391. The summed E-state index contributed by atoms with van der Waals surface area (Å²) in [5.74, 6) is 0.950. The number of likely N-dealkylation sites (tertiary alicyclic amines) is 1. The predicted molar refractivity (Wildman–Crippen MR) is 73.5 cm³/mol. The number of rotatable bonds is 3. The van der Waals surface area contributed by atoms with Crippen LogP contribution in [0.4, 0.5) is 0 Å². The molecule has 2 fully saturated rings. The van der Waals surface area contributed by atoms with Gasteiger partial charge in [-0.05, 0) is 31.1 Å². The molecule has 1 aromatic rings. The molecule has 1 N–H and O–H groups in total. The van der Waals surface area contributed by atoms with Gasteiger partial charge in [-0.3, -0.25) is 4.90 Å². The zero-order valence-corrected chi connectivity index (χ0v) is 11.8. The Kier molecular flexibility index (Phi) is 3.43. The first kappa shape index (κ1) is 12.6. The highest BCUT2D eigenvalue weighted by atomic mass is 32.1. The fourth-order valence-electron chi connectivity index (χ4n) is 3.40. The van der Waals surface area contributed by atoms with Crippen molar-refractivity contribution in [3.8, 4) is 0 Å². The first-order valence-electron chi connectivity index (χ1n) is 7.01. The zero-order chi connectivity index (χ0) is 12.6. The van der Waals surface area contributed by atoms with Gasteiger partial charge in [-0.15, -0.1) is 11.3 Å². The molecule has 0 spiro atoms. The molecule has 3 rings (SSSR count). The first-order chi connectivity index (χ1) is 8.68. The van der Waals surface area contributed by atoms with Gasteiger partial charge < -0.3 is 5.11 Å². The summed E-state index contributed by atoms with van der Waals surface area (Å²) in [5.41, 5.74) is -0.391. The van der Waals surface area contributed by atoms with E-state index in [0.717, 1.165) is 26.1 Å². The third-order valence-corrected chi connectivity index (χ3v) is 5.63. The van der Waals surface area contributed by atoms with Gasteiger partial charge in [0.15, 0.2) is 0 Å². The lowest BCUT2D eigenvalue weighted by Gasteiger charge is -2.50. The Morgan fingerprint density at radius 3 is 2.94 bits per heavy atom. The van der Waals surface area contributed by atoms with Crippen molar-refractivity contribution < 1.29 is 5.11 Å². The Labute approximate surface area is 113 Å². The summed E-state index contributed by atoms with van der Waals surface area (Å²) in [7, 11) is 0. The van der Waals surface area contributed by atoms with Crippen LogP contribution < -0.4 is 0 Å². The summed E-state index contributed by atoms with van der Waals surface area (Å²) in [6.45, 7) is 5.18.